The first-order chi connectivity index (χ1) is 17.5. The number of rotatable bonds is 4. The molecule has 2 bridgehead atoms. The van der Waals surface area contributed by atoms with Crippen LogP contribution >= 0.6 is 46.7 Å². The van der Waals surface area contributed by atoms with Crippen LogP contribution in [0.2, 0.25) is 0 Å². The van der Waals surface area contributed by atoms with Gasteiger partial charge in [-0.25, -0.2) is 4.79 Å². The topological polar surface area (TPSA) is 79.5 Å². The molecule has 6 nitrogen and oxygen atoms in total. The number of amides is 2. The Balaban J connectivity index is 1.24. The summed E-state index contributed by atoms with van der Waals surface area (Å²) in [6, 6.07) is 10.9. The van der Waals surface area contributed by atoms with Gasteiger partial charge in [0.2, 0.25) is 11.8 Å². The maximum atomic E-state index is 13.8. The van der Waals surface area contributed by atoms with Gasteiger partial charge in [-0.2, -0.15) is 0 Å². The van der Waals surface area contributed by atoms with Gasteiger partial charge in [0.05, 0.1) is 34.7 Å². The van der Waals surface area contributed by atoms with Crippen molar-refractivity contribution in [2.75, 3.05) is 11.5 Å². The quantitative estimate of drug-likeness (QED) is 0.252. The second-order valence-corrected chi connectivity index (χ2v) is 13.6. The van der Waals surface area contributed by atoms with Gasteiger partial charge in [0.1, 0.15) is 0 Å². The molecule has 7 unspecified atom stereocenters. The molecule has 3 fully saturated rings. The third kappa shape index (κ3) is 3.14. The molecule has 1 aromatic carbocycles. The van der Waals surface area contributed by atoms with E-state index in [1.165, 1.54) is 14.7 Å². The number of ether oxygens (including phenoxy) is 1. The highest BCUT2D eigenvalue weighted by Crippen LogP contribution is 2.69. The number of carbonyl (C=O) groups excluding carboxylic acids is 3. The number of imide groups is 1. The van der Waals surface area contributed by atoms with Crippen LogP contribution in [0.5, 0.6) is 0 Å². The highest BCUT2D eigenvalue weighted by Gasteiger charge is 2.69. The molecule has 2 aliphatic heterocycles. The van der Waals surface area contributed by atoms with E-state index in [-0.39, 0.29) is 46.7 Å². The zero-order valence-electron chi connectivity index (χ0n) is 19.2. The minimum atomic E-state index is -0.412. The molecular formula is C26H22N2O4S4. The van der Waals surface area contributed by atoms with Crippen LogP contribution in [0.3, 0.4) is 0 Å². The molecule has 36 heavy (non-hydrogen) atoms. The summed E-state index contributed by atoms with van der Waals surface area (Å²) in [7, 11) is 0. The highest BCUT2D eigenvalue weighted by molar-refractivity contribution is 8.00. The number of benzene rings is 1. The summed E-state index contributed by atoms with van der Waals surface area (Å²) >= 11 is 10.7. The van der Waals surface area contributed by atoms with E-state index in [1.807, 2.05) is 11.8 Å². The number of nitrogens with one attached hydrogen (secondary N) is 1. The van der Waals surface area contributed by atoms with Crippen LogP contribution in [0, 0.1) is 33.5 Å². The number of fused-ring (bicyclic) bond motifs is 9. The van der Waals surface area contributed by atoms with Crippen molar-refractivity contribution >= 4 is 70.1 Å². The number of aromatic nitrogens is 1. The Labute approximate surface area is 225 Å². The third-order valence-corrected chi connectivity index (χ3v) is 12.1. The van der Waals surface area contributed by atoms with Crippen LogP contribution in [0.4, 0.5) is 5.69 Å². The van der Waals surface area contributed by atoms with E-state index in [0.717, 1.165) is 15.4 Å². The van der Waals surface area contributed by atoms with Gasteiger partial charge in [-0.05, 0) is 79.0 Å². The molecule has 10 heteroatoms. The standard InChI is InChI=1S/C26H22N2O4S4/c1-2-32-25(31)11-5-7-12(8-6-11)28-23(29)17-13-10-14(18(17)24(28)30)20-16(13)19(15-4-3-9-34-15)21-22(35-20)27-26(33)36-21/h3-9,13-14,16-20H,2,10H2,1H3,(H,27,33). The molecule has 3 aromatic rings. The van der Waals surface area contributed by atoms with Gasteiger partial charge in [0, 0.05) is 20.9 Å². The fourth-order valence-corrected chi connectivity index (χ4v) is 11.3. The zero-order valence-corrected chi connectivity index (χ0v) is 22.5. The second-order valence-electron chi connectivity index (χ2n) is 9.76. The maximum Gasteiger partial charge on any atom is 0.338 e. The van der Waals surface area contributed by atoms with Crippen molar-refractivity contribution in [1.82, 2.24) is 4.98 Å². The van der Waals surface area contributed by atoms with Crippen molar-refractivity contribution in [3.8, 4) is 0 Å². The summed E-state index contributed by atoms with van der Waals surface area (Å²) in [5, 5.41) is 3.52. The Morgan fingerprint density at radius 2 is 1.89 bits per heavy atom. The van der Waals surface area contributed by atoms with E-state index >= 15 is 0 Å². The number of nitrogens with zero attached hydrogens (tertiary/aromatic N) is 1. The first kappa shape index (κ1) is 22.9. The number of carbonyl (C=O) groups is 3. The molecule has 2 aliphatic carbocycles. The van der Waals surface area contributed by atoms with Gasteiger partial charge in [-0.3, -0.25) is 14.5 Å². The van der Waals surface area contributed by atoms with Crippen LogP contribution in [0.25, 0.3) is 0 Å². The van der Waals surface area contributed by atoms with Crippen LogP contribution in [-0.2, 0) is 14.3 Å². The number of hydrogen-bond donors (Lipinski definition) is 1. The van der Waals surface area contributed by atoms with Crippen molar-refractivity contribution in [2.24, 2.45) is 29.6 Å². The predicted octanol–water partition coefficient (Wildman–Crippen LogP) is 5.72. The van der Waals surface area contributed by atoms with Gasteiger partial charge in [0.25, 0.3) is 0 Å². The molecule has 1 saturated heterocycles. The molecule has 184 valence electrons. The fraction of sp³-hybridized carbons (Fsp3) is 0.385. The summed E-state index contributed by atoms with van der Waals surface area (Å²) < 4.78 is 5.84. The molecule has 4 heterocycles. The van der Waals surface area contributed by atoms with Crippen LogP contribution < -0.4 is 4.90 Å². The van der Waals surface area contributed by atoms with Crippen molar-refractivity contribution in [3.63, 3.8) is 0 Å². The number of anilines is 1. The summed E-state index contributed by atoms with van der Waals surface area (Å²) in [5.41, 5.74) is 0.935. The van der Waals surface area contributed by atoms with Gasteiger partial charge >= 0.3 is 5.97 Å². The average Bonchev–Trinajstić information content (AvgIpc) is 3.67. The smallest absolute Gasteiger partial charge is 0.338 e. The number of thiazole rings is 1. The Morgan fingerprint density at radius 3 is 2.58 bits per heavy atom. The molecule has 0 radical (unpaired) electrons. The van der Waals surface area contributed by atoms with Crippen molar-refractivity contribution in [1.29, 1.82) is 0 Å². The third-order valence-electron chi connectivity index (χ3n) is 8.21. The fourth-order valence-electron chi connectivity index (χ4n) is 7.02. The van der Waals surface area contributed by atoms with Crippen molar-refractivity contribution in [2.45, 2.75) is 29.5 Å². The predicted molar refractivity (Wildman–Crippen MR) is 142 cm³/mol. The summed E-state index contributed by atoms with van der Waals surface area (Å²) in [4.78, 5) is 46.9. The summed E-state index contributed by atoms with van der Waals surface area (Å²) in [6.45, 7) is 2.05. The lowest BCUT2D eigenvalue weighted by atomic mass is 9.69. The van der Waals surface area contributed by atoms with Gasteiger partial charge in [-0.1, -0.05) is 6.07 Å². The number of aromatic amines is 1. The van der Waals surface area contributed by atoms with Crippen LogP contribution in [0.1, 0.15) is 39.4 Å². The molecule has 0 spiro atoms. The highest BCUT2D eigenvalue weighted by atomic mass is 32.2. The molecule has 2 aromatic heterocycles. The first-order valence-corrected chi connectivity index (χ1v) is 15.0. The van der Waals surface area contributed by atoms with E-state index in [9.17, 15) is 14.4 Å². The molecule has 2 amide bonds. The van der Waals surface area contributed by atoms with Gasteiger partial charge in [-0.15, -0.1) is 34.4 Å². The largest absolute Gasteiger partial charge is 0.462 e. The Hall–Kier alpha value is -2.27. The number of hydrogen-bond acceptors (Lipinski definition) is 8. The average molecular weight is 555 g/mol. The number of thioether (sulfide) groups is 1. The SMILES string of the molecule is CCOC(=O)c1ccc(N2C(=O)C3C4CC(C3C2=O)C2C(c3cccs3)c3sc(=S)[nH]c3SC42)cc1. The van der Waals surface area contributed by atoms with E-state index in [0.29, 0.717) is 23.8 Å². The van der Waals surface area contributed by atoms with Crippen molar-refractivity contribution < 1.29 is 19.1 Å². The van der Waals surface area contributed by atoms with E-state index in [2.05, 4.69) is 22.5 Å². The number of H-pyrrole nitrogens is 1. The Kier molecular flexibility index (Phi) is 5.32. The molecule has 7 rings (SSSR count). The molecule has 2 saturated carbocycles. The monoisotopic (exact) mass is 554 g/mol. The van der Waals surface area contributed by atoms with Crippen LogP contribution in [-0.4, -0.2) is 34.6 Å². The second kappa shape index (κ2) is 8.37. The summed E-state index contributed by atoms with van der Waals surface area (Å²) in [5.74, 6) is -0.345. The Morgan fingerprint density at radius 1 is 1.14 bits per heavy atom. The molecule has 1 N–H and O–H groups in total. The van der Waals surface area contributed by atoms with Crippen molar-refractivity contribution in [3.05, 3.63) is 61.1 Å². The molecule has 4 aliphatic rings. The molecule has 7 atom stereocenters. The van der Waals surface area contributed by atoms with Gasteiger partial charge in [0.15, 0.2) is 3.95 Å². The van der Waals surface area contributed by atoms with Crippen LogP contribution in [0.15, 0.2) is 46.8 Å². The number of esters is 1. The van der Waals surface area contributed by atoms with E-state index < -0.39 is 5.97 Å². The maximum absolute atomic E-state index is 13.8. The minimum absolute atomic E-state index is 0.0951. The molecular weight excluding hydrogens is 533 g/mol. The Bertz CT molecular complexity index is 1440. The minimum Gasteiger partial charge on any atom is -0.462 e. The number of thiophene rings is 1. The summed E-state index contributed by atoms with van der Waals surface area (Å²) in [6.07, 6.45) is 0.919. The van der Waals surface area contributed by atoms with E-state index in [4.69, 9.17) is 17.0 Å². The van der Waals surface area contributed by atoms with E-state index in [1.54, 1.807) is 53.9 Å². The lowest BCUT2D eigenvalue weighted by molar-refractivity contribution is -0.123. The zero-order chi connectivity index (χ0) is 24.7. The van der Waals surface area contributed by atoms with Gasteiger partial charge < -0.3 is 9.72 Å². The normalized spacial score (nSPS) is 31.9. The lowest BCUT2D eigenvalue weighted by Crippen LogP contribution is -2.42. The lowest BCUT2D eigenvalue weighted by Gasteiger charge is -2.42. The first-order valence-electron chi connectivity index (χ1n) is 12.1.